The molecule has 1 N–H and O–H groups in total. The van der Waals surface area contributed by atoms with Crippen LogP contribution in [0.1, 0.15) is 24.0 Å². The summed E-state index contributed by atoms with van der Waals surface area (Å²) in [7, 11) is 0. The van der Waals surface area contributed by atoms with Crippen molar-refractivity contribution in [2.75, 3.05) is 6.54 Å². The second-order valence-electron chi connectivity index (χ2n) is 4.28. The molecule has 1 unspecified atom stereocenters. The molecule has 0 aromatic heterocycles. The van der Waals surface area contributed by atoms with E-state index in [-0.39, 0.29) is 11.6 Å². The van der Waals surface area contributed by atoms with Gasteiger partial charge in [0.15, 0.2) is 0 Å². The van der Waals surface area contributed by atoms with Crippen molar-refractivity contribution in [3.05, 3.63) is 33.3 Å². The third kappa shape index (κ3) is 2.28. The lowest BCUT2D eigenvalue weighted by molar-refractivity contribution is 0.513. The van der Waals surface area contributed by atoms with Gasteiger partial charge >= 0.3 is 0 Å². The molecule has 1 aromatic carbocycles. The fourth-order valence-corrected chi connectivity index (χ4v) is 2.73. The molecule has 16 heavy (non-hydrogen) atoms. The van der Waals surface area contributed by atoms with E-state index in [0.717, 1.165) is 19.4 Å². The summed E-state index contributed by atoms with van der Waals surface area (Å²) < 4.78 is 27.9. The third-order valence-corrected chi connectivity index (χ3v) is 3.62. The molecule has 0 bridgehead atoms. The Morgan fingerprint density at radius 3 is 2.81 bits per heavy atom. The fraction of sp³-hybridized carbons (Fsp3) is 0.500. The van der Waals surface area contributed by atoms with Gasteiger partial charge < -0.3 is 5.32 Å². The monoisotopic (exact) mass is 289 g/mol. The Balaban J connectivity index is 2.31. The molecule has 0 amide bonds. The molecule has 88 valence electrons. The Hall–Kier alpha value is -0.480. The van der Waals surface area contributed by atoms with Crippen LogP contribution in [0.25, 0.3) is 0 Å². The van der Waals surface area contributed by atoms with Crippen molar-refractivity contribution in [1.29, 1.82) is 0 Å². The van der Waals surface area contributed by atoms with Gasteiger partial charge in [-0.15, -0.1) is 0 Å². The number of hydrogen-bond donors (Lipinski definition) is 1. The first-order chi connectivity index (χ1) is 7.59. The van der Waals surface area contributed by atoms with Crippen molar-refractivity contribution in [2.45, 2.75) is 32.2 Å². The standard InChI is InChI=1S/C12H14BrF2N/c1-7-5-10(13)12(15)9(11(7)14)6-8-3-2-4-16-8/h5,8,16H,2-4,6H2,1H3. The van der Waals surface area contributed by atoms with Crippen molar-refractivity contribution >= 4 is 15.9 Å². The number of aryl methyl sites for hydroxylation is 1. The predicted octanol–water partition coefficient (Wildman–Crippen LogP) is 3.33. The molecule has 4 heteroatoms. The number of nitrogens with one attached hydrogen (secondary N) is 1. The molecule has 1 heterocycles. The van der Waals surface area contributed by atoms with Crippen LogP contribution in [0.5, 0.6) is 0 Å². The van der Waals surface area contributed by atoms with Gasteiger partial charge in [0.2, 0.25) is 0 Å². The first kappa shape index (κ1) is 12.0. The molecule has 2 rings (SSSR count). The van der Waals surface area contributed by atoms with Crippen LogP contribution in [0.15, 0.2) is 10.5 Å². The zero-order valence-corrected chi connectivity index (χ0v) is 10.7. The minimum absolute atomic E-state index is 0.200. The van der Waals surface area contributed by atoms with E-state index >= 15 is 0 Å². The molecule has 0 spiro atoms. The van der Waals surface area contributed by atoms with E-state index in [1.165, 1.54) is 6.07 Å². The van der Waals surface area contributed by atoms with E-state index < -0.39 is 11.6 Å². The Kier molecular flexibility index (Phi) is 3.60. The molecule has 1 saturated heterocycles. The third-order valence-electron chi connectivity index (χ3n) is 3.04. The fourth-order valence-electron chi connectivity index (χ4n) is 2.15. The van der Waals surface area contributed by atoms with Crippen LogP contribution >= 0.6 is 15.9 Å². The zero-order chi connectivity index (χ0) is 11.7. The largest absolute Gasteiger partial charge is 0.314 e. The normalized spacial score (nSPS) is 20.4. The topological polar surface area (TPSA) is 12.0 Å². The van der Waals surface area contributed by atoms with Crippen molar-refractivity contribution < 1.29 is 8.78 Å². The minimum atomic E-state index is -0.461. The molecule has 0 saturated carbocycles. The van der Waals surface area contributed by atoms with Gasteiger partial charge in [-0.1, -0.05) is 0 Å². The van der Waals surface area contributed by atoms with Gasteiger partial charge in [-0.25, -0.2) is 8.78 Å². The summed E-state index contributed by atoms with van der Waals surface area (Å²) in [6.45, 7) is 2.60. The maximum atomic E-state index is 13.8. The molecule has 0 radical (unpaired) electrons. The Bertz CT molecular complexity index is 374. The van der Waals surface area contributed by atoms with E-state index in [4.69, 9.17) is 0 Å². The molecule has 1 aliphatic rings. The highest BCUT2D eigenvalue weighted by molar-refractivity contribution is 9.10. The molecule has 1 aliphatic heterocycles. The van der Waals surface area contributed by atoms with E-state index in [1.54, 1.807) is 6.92 Å². The van der Waals surface area contributed by atoms with Gasteiger partial charge in [-0.3, -0.25) is 0 Å². The van der Waals surface area contributed by atoms with E-state index in [9.17, 15) is 8.78 Å². The number of halogens is 3. The van der Waals surface area contributed by atoms with Gasteiger partial charge in [-0.05, 0) is 60.3 Å². The van der Waals surface area contributed by atoms with E-state index in [0.29, 0.717) is 16.5 Å². The van der Waals surface area contributed by atoms with Crippen LogP contribution < -0.4 is 5.32 Å². The van der Waals surface area contributed by atoms with Crippen LogP contribution in [0.2, 0.25) is 0 Å². The highest BCUT2D eigenvalue weighted by atomic mass is 79.9. The molecule has 1 fully saturated rings. The second kappa shape index (κ2) is 4.80. The Labute approximate surface area is 102 Å². The summed E-state index contributed by atoms with van der Waals surface area (Å²) in [5.74, 6) is -0.869. The average molecular weight is 290 g/mol. The molecular formula is C12H14BrF2N. The second-order valence-corrected chi connectivity index (χ2v) is 5.13. The van der Waals surface area contributed by atoms with Gasteiger partial charge in [0, 0.05) is 11.6 Å². The van der Waals surface area contributed by atoms with E-state index in [1.807, 2.05) is 0 Å². The van der Waals surface area contributed by atoms with Gasteiger partial charge in [0.1, 0.15) is 11.6 Å². The smallest absolute Gasteiger partial charge is 0.143 e. The summed E-state index contributed by atoms with van der Waals surface area (Å²) in [4.78, 5) is 0. The van der Waals surface area contributed by atoms with Crippen LogP contribution in [0.3, 0.4) is 0 Å². The van der Waals surface area contributed by atoms with Crippen molar-refractivity contribution in [2.24, 2.45) is 0 Å². The highest BCUT2D eigenvalue weighted by Gasteiger charge is 2.21. The van der Waals surface area contributed by atoms with Crippen LogP contribution in [0, 0.1) is 18.6 Å². The Morgan fingerprint density at radius 2 is 2.19 bits per heavy atom. The molecular weight excluding hydrogens is 276 g/mol. The van der Waals surface area contributed by atoms with Crippen molar-refractivity contribution in [3.63, 3.8) is 0 Å². The van der Waals surface area contributed by atoms with Crippen LogP contribution in [0.4, 0.5) is 8.78 Å². The number of rotatable bonds is 2. The predicted molar refractivity (Wildman–Crippen MR) is 63.5 cm³/mol. The van der Waals surface area contributed by atoms with Crippen LogP contribution in [-0.4, -0.2) is 12.6 Å². The lowest BCUT2D eigenvalue weighted by Crippen LogP contribution is -2.25. The maximum absolute atomic E-state index is 13.8. The molecule has 0 aliphatic carbocycles. The summed E-state index contributed by atoms with van der Waals surface area (Å²) in [5, 5.41) is 3.25. The van der Waals surface area contributed by atoms with Gasteiger partial charge in [-0.2, -0.15) is 0 Å². The van der Waals surface area contributed by atoms with Gasteiger partial charge in [0.05, 0.1) is 4.47 Å². The summed E-state index contributed by atoms with van der Waals surface area (Å²) >= 11 is 3.12. The highest BCUT2D eigenvalue weighted by Crippen LogP contribution is 2.26. The van der Waals surface area contributed by atoms with Crippen LogP contribution in [-0.2, 0) is 6.42 Å². The quantitative estimate of drug-likeness (QED) is 0.824. The molecule has 1 atom stereocenters. The number of hydrogen-bond acceptors (Lipinski definition) is 1. The SMILES string of the molecule is Cc1cc(Br)c(F)c(CC2CCCN2)c1F. The minimum Gasteiger partial charge on any atom is -0.314 e. The van der Waals surface area contributed by atoms with Gasteiger partial charge in [0.25, 0.3) is 0 Å². The first-order valence-electron chi connectivity index (χ1n) is 5.46. The van der Waals surface area contributed by atoms with E-state index in [2.05, 4.69) is 21.2 Å². The maximum Gasteiger partial charge on any atom is 0.143 e. The molecule has 1 nitrogen and oxygen atoms in total. The van der Waals surface area contributed by atoms with Crippen molar-refractivity contribution in [1.82, 2.24) is 5.32 Å². The average Bonchev–Trinajstić information content (AvgIpc) is 2.74. The Morgan fingerprint density at radius 1 is 1.44 bits per heavy atom. The summed E-state index contributed by atoms with van der Waals surface area (Å²) in [6.07, 6.45) is 2.50. The first-order valence-corrected chi connectivity index (χ1v) is 6.25. The zero-order valence-electron chi connectivity index (χ0n) is 9.12. The summed E-state index contributed by atoms with van der Waals surface area (Å²) in [6, 6.07) is 1.69. The summed E-state index contributed by atoms with van der Waals surface area (Å²) in [5.41, 5.74) is 0.688. The molecule has 1 aromatic rings. The lowest BCUT2D eigenvalue weighted by Gasteiger charge is -2.13. The van der Waals surface area contributed by atoms with Crippen molar-refractivity contribution in [3.8, 4) is 0 Å². The number of benzene rings is 1. The lowest BCUT2D eigenvalue weighted by atomic mass is 10.0.